The van der Waals surface area contributed by atoms with E-state index in [1.807, 2.05) is 18.2 Å². The maximum atomic E-state index is 9.32. The SMILES string of the molecule is N#CC(Nc1cccc(Cl)c1)c1cc(Cl)ccc1Br. The van der Waals surface area contributed by atoms with Gasteiger partial charge in [-0.05, 0) is 36.4 Å². The van der Waals surface area contributed by atoms with Crippen molar-refractivity contribution >= 4 is 44.8 Å². The Labute approximate surface area is 130 Å². The second kappa shape index (κ2) is 6.29. The van der Waals surface area contributed by atoms with Crippen molar-refractivity contribution < 1.29 is 0 Å². The van der Waals surface area contributed by atoms with Crippen LogP contribution in [0.1, 0.15) is 11.6 Å². The molecule has 0 amide bonds. The fourth-order valence-electron chi connectivity index (χ4n) is 1.66. The number of anilines is 1. The monoisotopic (exact) mass is 354 g/mol. The largest absolute Gasteiger partial charge is 0.366 e. The summed E-state index contributed by atoms with van der Waals surface area (Å²) in [5, 5.41) is 13.6. The van der Waals surface area contributed by atoms with Gasteiger partial charge in [-0.1, -0.05) is 45.2 Å². The van der Waals surface area contributed by atoms with Gasteiger partial charge in [-0.15, -0.1) is 0 Å². The van der Waals surface area contributed by atoms with Crippen LogP contribution in [0.4, 0.5) is 5.69 Å². The Bertz CT molecular complexity index is 638. The molecule has 5 heteroatoms. The van der Waals surface area contributed by atoms with Crippen LogP contribution in [-0.2, 0) is 0 Å². The first-order valence-corrected chi connectivity index (χ1v) is 7.01. The molecule has 0 saturated carbocycles. The van der Waals surface area contributed by atoms with E-state index < -0.39 is 6.04 Å². The number of nitrogens with one attached hydrogen (secondary N) is 1. The zero-order valence-electron chi connectivity index (χ0n) is 9.70. The molecule has 0 aliphatic carbocycles. The topological polar surface area (TPSA) is 35.8 Å². The summed E-state index contributed by atoms with van der Waals surface area (Å²) < 4.78 is 0.831. The molecule has 1 unspecified atom stereocenters. The van der Waals surface area contributed by atoms with Crippen molar-refractivity contribution in [2.45, 2.75) is 6.04 Å². The molecule has 0 heterocycles. The van der Waals surface area contributed by atoms with E-state index in [0.29, 0.717) is 10.0 Å². The predicted molar refractivity (Wildman–Crippen MR) is 82.6 cm³/mol. The van der Waals surface area contributed by atoms with Crippen LogP contribution in [0.2, 0.25) is 10.0 Å². The van der Waals surface area contributed by atoms with Crippen molar-refractivity contribution in [1.29, 1.82) is 5.26 Å². The zero-order valence-corrected chi connectivity index (χ0v) is 12.8. The summed E-state index contributed by atoms with van der Waals surface area (Å²) >= 11 is 15.3. The van der Waals surface area contributed by atoms with Gasteiger partial charge in [0.15, 0.2) is 0 Å². The molecule has 0 spiro atoms. The van der Waals surface area contributed by atoms with Crippen LogP contribution < -0.4 is 5.32 Å². The maximum Gasteiger partial charge on any atom is 0.141 e. The second-order valence-corrected chi connectivity index (χ2v) is 5.61. The highest BCUT2D eigenvalue weighted by molar-refractivity contribution is 9.10. The molecular weight excluding hydrogens is 347 g/mol. The van der Waals surface area contributed by atoms with Crippen LogP contribution in [0.15, 0.2) is 46.9 Å². The standard InChI is InChI=1S/C14H9BrCl2N2/c15-13-5-4-10(17)7-12(13)14(8-18)19-11-3-1-2-9(16)6-11/h1-7,14,19H. The van der Waals surface area contributed by atoms with Crippen molar-refractivity contribution in [3.8, 4) is 6.07 Å². The van der Waals surface area contributed by atoms with E-state index in [4.69, 9.17) is 23.2 Å². The number of hydrogen-bond donors (Lipinski definition) is 1. The lowest BCUT2D eigenvalue weighted by molar-refractivity contribution is 0.990. The Kier molecular flexibility index (Phi) is 4.71. The van der Waals surface area contributed by atoms with Crippen molar-refractivity contribution in [2.75, 3.05) is 5.32 Å². The molecule has 0 radical (unpaired) electrons. The highest BCUT2D eigenvalue weighted by Crippen LogP contribution is 2.29. The first-order valence-electron chi connectivity index (χ1n) is 5.47. The molecule has 2 rings (SSSR count). The van der Waals surface area contributed by atoms with Gasteiger partial charge in [-0.2, -0.15) is 5.26 Å². The second-order valence-electron chi connectivity index (χ2n) is 3.88. The number of nitriles is 1. The highest BCUT2D eigenvalue weighted by atomic mass is 79.9. The van der Waals surface area contributed by atoms with E-state index in [1.54, 1.807) is 24.3 Å². The van der Waals surface area contributed by atoms with Gasteiger partial charge < -0.3 is 5.32 Å². The summed E-state index contributed by atoms with van der Waals surface area (Å²) in [5.74, 6) is 0. The minimum Gasteiger partial charge on any atom is -0.366 e. The molecule has 2 nitrogen and oxygen atoms in total. The first-order chi connectivity index (χ1) is 9.10. The summed E-state index contributed by atoms with van der Waals surface area (Å²) in [6.07, 6.45) is 0. The van der Waals surface area contributed by atoms with E-state index in [1.165, 1.54) is 0 Å². The summed E-state index contributed by atoms with van der Waals surface area (Å²) in [6, 6.07) is 14.3. The Balaban J connectivity index is 2.31. The van der Waals surface area contributed by atoms with Crippen molar-refractivity contribution in [1.82, 2.24) is 0 Å². The molecule has 1 atom stereocenters. The van der Waals surface area contributed by atoms with Gasteiger partial charge in [0, 0.05) is 25.8 Å². The van der Waals surface area contributed by atoms with E-state index in [2.05, 4.69) is 27.3 Å². The molecule has 2 aromatic carbocycles. The van der Waals surface area contributed by atoms with Crippen molar-refractivity contribution in [3.63, 3.8) is 0 Å². The molecule has 1 N–H and O–H groups in total. The summed E-state index contributed by atoms with van der Waals surface area (Å²) in [7, 11) is 0. The van der Waals surface area contributed by atoms with E-state index in [0.717, 1.165) is 15.7 Å². The van der Waals surface area contributed by atoms with Crippen LogP contribution in [-0.4, -0.2) is 0 Å². The van der Waals surface area contributed by atoms with E-state index >= 15 is 0 Å². The average Bonchev–Trinajstić information content (AvgIpc) is 2.39. The molecule has 96 valence electrons. The lowest BCUT2D eigenvalue weighted by Gasteiger charge is -2.15. The molecule has 0 saturated heterocycles. The van der Waals surface area contributed by atoms with Crippen LogP contribution in [0, 0.1) is 11.3 Å². The number of benzene rings is 2. The van der Waals surface area contributed by atoms with Crippen molar-refractivity contribution in [2.24, 2.45) is 0 Å². The van der Waals surface area contributed by atoms with Gasteiger partial charge in [-0.3, -0.25) is 0 Å². The van der Waals surface area contributed by atoms with E-state index in [9.17, 15) is 5.26 Å². The van der Waals surface area contributed by atoms with Crippen LogP contribution in [0.3, 0.4) is 0 Å². The molecule has 0 bridgehead atoms. The van der Waals surface area contributed by atoms with Crippen molar-refractivity contribution in [3.05, 3.63) is 62.5 Å². The van der Waals surface area contributed by atoms with Gasteiger partial charge in [0.2, 0.25) is 0 Å². The smallest absolute Gasteiger partial charge is 0.141 e. The quantitative estimate of drug-likeness (QED) is 0.796. The third kappa shape index (κ3) is 3.63. The highest BCUT2D eigenvalue weighted by Gasteiger charge is 2.14. The third-order valence-corrected chi connectivity index (χ3v) is 3.73. The number of rotatable bonds is 3. The lowest BCUT2D eigenvalue weighted by atomic mass is 10.1. The molecule has 0 aliphatic rings. The summed E-state index contributed by atoms with van der Waals surface area (Å²) in [6.45, 7) is 0. The molecule has 2 aromatic rings. The number of hydrogen-bond acceptors (Lipinski definition) is 2. The Morgan fingerprint density at radius 2 is 1.84 bits per heavy atom. The summed E-state index contributed by atoms with van der Waals surface area (Å²) in [5.41, 5.74) is 1.57. The molecular formula is C14H9BrCl2N2. The number of nitrogens with zero attached hydrogens (tertiary/aromatic N) is 1. The average molecular weight is 356 g/mol. The van der Waals surface area contributed by atoms with E-state index in [-0.39, 0.29) is 0 Å². The zero-order chi connectivity index (χ0) is 13.8. The molecule has 0 aromatic heterocycles. The Morgan fingerprint density at radius 3 is 2.53 bits per heavy atom. The van der Waals surface area contributed by atoms with Crippen LogP contribution >= 0.6 is 39.1 Å². The normalized spacial score (nSPS) is 11.7. The van der Waals surface area contributed by atoms with Gasteiger partial charge in [0.1, 0.15) is 6.04 Å². The van der Waals surface area contributed by atoms with Gasteiger partial charge in [0.25, 0.3) is 0 Å². The molecule has 0 fully saturated rings. The fraction of sp³-hybridized carbons (Fsp3) is 0.0714. The minimum absolute atomic E-state index is 0.508. The van der Waals surface area contributed by atoms with Gasteiger partial charge in [0.05, 0.1) is 6.07 Å². The Morgan fingerprint density at radius 1 is 1.11 bits per heavy atom. The number of halogens is 3. The maximum absolute atomic E-state index is 9.32. The minimum atomic E-state index is -0.508. The van der Waals surface area contributed by atoms with Crippen LogP contribution in [0.5, 0.6) is 0 Å². The predicted octanol–water partition coefficient (Wildman–Crippen LogP) is 5.43. The fourth-order valence-corrected chi connectivity index (χ4v) is 2.51. The van der Waals surface area contributed by atoms with Gasteiger partial charge >= 0.3 is 0 Å². The summed E-state index contributed by atoms with van der Waals surface area (Å²) in [4.78, 5) is 0. The molecule has 0 aliphatic heterocycles. The third-order valence-electron chi connectivity index (χ3n) is 2.53. The first kappa shape index (κ1) is 14.2. The van der Waals surface area contributed by atoms with Gasteiger partial charge in [-0.25, -0.2) is 0 Å². The molecule has 19 heavy (non-hydrogen) atoms. The van der Waals surface area contributed by atoms with Crippen LogP contribution in [0.25, 0.3) is 0 Å². The lowest BCUT2D eigenvalue weighted by Crippen LogP contribution is -2.09. The Hall–Kier alpha value is -1.21.